The van der Waals surface area contributed by atoms with Crippen molar-refractivity contribution in [3.05, 3.63) is 59.2 Å². The van der Waals surface area contributed by atoms with Crippen molar-refractivity contribution >= 4 is 0 Å². The highest BCUT2D eigenvalue weighted by Crippen LogP contribution is 2.42. The first-order chi connectivity index (χ1) is 10.3. The summed E-state index contributed by atoms with van der Waals surface area (Å²) >= 11 is 0. The van der Waals surface area contributed by atoms with E-state index in [2.05, 4.69) is 49.4 Å². The van der Waals surface area contributed by atoms with Crippen LogP contribution in [0.4, 0.5) is 0 Å². The molecule has 1 fully saturated rings. The smallest absolute Gasteiger partial charge is 0.0152 e. The van der Waals surface area contributed by atoms with Crippen molar-refractivity contribution in [3.8, 4) is 11.1 Å². The van der Waals surface area contributed by atoms with Crippen LogP contribution in [0.25, 0.3) is 11.1 Å². The minimum absolute atomic E-state index is 0.955. The van der Waals surface area contributed by atoms with Gasteiger partial charge in [0.2, 0.25) is 0 Å². The second kappa shape index (κ2) is 5.33. The first kappa shape index (κ1) is 13.1. The monoisotopic (exact) mass is 276 g/mol. The van der Waals surface area contributed by atoms with E-state index in [9.17, 15) is 0 Å². The summed E-state index contributed by atoms with van der Waals surface area (Å²) in [6, 6.07) is 15.6. The summed E-state index contributed by atoms with van der Waals surface area (Å²) in [5, 5.41) is 0. The van der Waals surface area contributed by atoms with Crippen LogP contribution >= 0.6 is 0 Å². The summed E-state index contributed by atoms with van der Waals surface area (Å²) in [4.78, 5) is 0. The van der Waals surface area contributed by atoms with Crippen LogP contribution in [0.5, 0.6) is 0 Å². The van der Waals surface area contributed by atoms with Gasteiger partial charge in [-0.1, -0.05) is 55.3 Å². The zero-order valence-electron chi connectivity index (χ0n) is 12.9. The van der Waals surface area contributed by atoms with E-state index in [-0.39, 0.29) is 0 Å². The Kier molecular flexibility index (Phi) is 3.33. The molecule has 0 N–H and O–H groups in total. The number of benzene rings is 2. The van der Waals surface area contributed by atoms with E-state index in [1.54, 1.807) is 11.1 Å². The van der Waals surface area contributed by atoms with E-state index in [1.807, 2.05) is 0 Å². The SMILES string of the molecule is Cc1c(-c2ccccc2)ccc2c1C[C@@H]1CCCC[C@@H]1C2. The van der Waals surface area contributed by atoms with Gasteiger partial charge >= 0.3 is 0 Å². The lowest BCUT2D eigenvalue weighted by Gasteiger charge is -2.37. The first-order valence-corrected chi connectivity index (χ1v) is 8.49. The molecule has 0 heteroatoms. The molecule has 0 bridgehead atoms. The van der Waals surface area contributed by atoms with Gasteiger partial charge in [0.25, 0.3) is 0 Å². The van der Waals surface area contributed by atoms with Crippen LogP contribution in [0.15, 0.2) is 42.5 Å². The standard InChI is InChI=1S/C21H24/c1-15-20(16-7-3-2-4-8-16)12-11-19-13-17-9-5-6-10-18(17)14-21(15)19/h2-4,7-8,11-12,17-18H,5-6,9-10,13-14H2,1H3/t17-,18+/m1/s1. The topological polar surface area (TPSA) is 0 Å². The zero-order valence-corrected chi connectivity index (χ0v) is 12.9. The molecule has 0 aromatic heterocycles. The molecule has 2 aliphatic carbocycles. The van der Waals surface area contributed by atoms with Crippen molar-refractivity contribution in [2.75, 3.05) is 0 Å². The molecule has 0 amide bonds. The lowest BCUT2D eigenvalue weighted by molar-refractivity contribution is 0.220. The highest BCUT2D eigenvalue weighted by Gasteiger charge is 2.31. The lowest BCUT2D eigenvalue weighted by atomic mass is 9.68. The maximum absolute atomic E-state index is 2.41. The Morgan fingerprint density at radius 1 is 0.810 bits per heavy atom. The van der Waals surface area contributed by atoms with Gasteiger partial charge in [-0.2, -0.15) is 0 Å². The zero-order chi connectivity index (χ0) is 14.2. The lowest BCUT2D eigenvalue weighted by Crippen LogP contribution is -2.28. The molecule has 1 saturated carbocycles. The molecular weight excluding hydrogens is 252 g/mol. The van der Waals surface area contributed by atoms with Crippen molar-refractivity contribution in [1.82, 2.24) is 0 Å². The van der Waals surface area contributed by atoms with Crippen LogP contribution in [0.1, 0.15) is 42.4 Å². The van der Waals surface area contributed by atoms with Gasteiger partial charge in [-0.15, -0.1) is 0 Å². The number of hydrogen-bond acceptors (Lipinski definition) is 0. The third-order valence-corrected chi connectivity index (χ3v) is 5.80. The second-order valence-electron chi connectivity index (χ2n) is 6.95. The Hall–Kier alpha value is -1.56. The van der Waals surface area contributed by atoms with Crippen LogP contribution in [0, 0.1) is 18.8 Å². The van der Waals surface area contributed by atoms with Crippen molar-refractivity contribution in [3.63, 3.8) is 0 Å². The highest BCUT2D eigenvalue weighted by molar-refractivity contribution is 5.69. The second-order valence-corrected chi connectivity index (χ2v) is 6.95. The highest BCUT2D eigenvalue weighted by atomic mass is 14.4. The molecule has 0 saturated heterocycles. The maximum atomic E-state index is 2.41. The molecule has 0 radical (unpaired) electrons. The molecule has 2 aliphatic rings. The molecule has 108 valence electrons. The van der Waals surface area contributed by atoms with E-state index >= 15 is 0 Å². The third kappa shape index (κ3) is 2.31. The Morgan fingerprint density at radius 2 is 1.52 bits per heavy atom. The fraction of sp³-hybridized carbons (Fsp3) is 0.429. The summed E-state index contributed by atoms with van der Waals surface area (Å²) < 4.78 is 0. The van der Waals surface area contributed by atoms with Crippen LogP contribution in [-0.2, 0) is 12.8 Å². The molecule has 2 atom stereocenters. The molecule has 0 unspecified atom stereocenters. The molecule has 2 aromatic rings. The average molecular weight is 276 g/mol. The largest absolute Gasteiger partial charge is 0.0622 e. The normalized spacial score (nSPS) is 24.2. The predicted octanol–water partition coefficient (Wildman–Crippen LogP) is 5.57. The van der Waals surface area contributed by atoms with Crippen LogP contribution in [0.2, 0.25) is 0 Å². The van der Waals surface area contributed by atoms with Crippen molar-refractivity contribution < 1.29 is 0 Å². The first-order valence-electron chi connectivity index (χ1n) is 8.49. The Balaban J connectivity index is 1.75. The van der Waals surface area contributed by atoms with Gasteiger partial charge in [-0.25, -0.2) is 0 Å². The van der Waals surface area contributed by atoms with E-state index in [0.717, 1.165) is 11.8 Å². The summed E-state index contributed by atoms with van der Waals surface area (Å²) in [5.74, 6) is 1.92. The summed E-state index contributed by atoms with van der Waals surface area (Å²) in [7, 11) is 0. The van der Waals surface area contributed by atoms with Crippen molar-refractivity contribution in [2.45, 2.75) is 45.4 Å². The van der Waals surface area contributed by atoms with Gasteiger partial charge in [0.05, 0.1) is 0 Å². The molecule has 21 heavy (non-hydrogen) atoms. The van der Waals surface area contributed by atoms with Crippen LogP contribution in [0.3, 0.4) is 0 Å². The van der Waals surface area contributed by atoms with Gasteiger partial charge in [-0.05, 0) is 72.3 Å². The van der Waals surface area contributed by atoms with Gasteiger partial charge < -0.3 is 0 Å². The minimum atomic E-state index is 0.955. The van der Waals surface area contributed by atoms with E-state index < -0.39 is 0 Å². The molecular formula is C21H24. The molecule has 4 rings (SSSR count). The molecule has 0 nitrogen and oxygen atoms in total. The Labute approximate surface area is 128 Å². The summed E-state index contributed by atoms with van der Waals surface area (Å²) in [6.07, 6.45) is 8.48. The average Bonchev–Trinajstić information content (AvgIpc) is 2.55. The van der Waals surface area contributed by atoms with E-state index in [0.29, 0.717) is 0 Å². The van der Waals surface area contributed by atoms with Crippen molar-refractivity contribution in [2.24, 2.45) is 11.8 Å². The molecule has 0 aliphatic heterocycles. The fourth-order valence-electron chi connectivity index (χ4n) is 4.59. The van der Waals surface area contributed by atoms with E-state index in [4.69, 9.17) is 0 Å². The molecule has 0 heterocycles. The fourth-order valence-corrected chi connectivity index (χ4v) is 4.59. The quantitative estimate of drug-likeness (QED) is 0.639. The predicted molar refractivity (Wildman–Crippen MR) is 89.5 cm³/mol. The van der Waals surface area contributed by atoms with E-state index in [1.165, 1.54) is 55.2 Å². The van der Waals surface area contributed by atoms with Crippen LogP contribution in [-0.4, -0.2) is 0 Å². The van der Waals surface area contributed by atoms with Gasteiger partial charge in [0, 0.05) is 0 Å². The molecule has 2 aromatic carbocycles. The number of rotatable bonds is 1. The Morgan fingerprint density at radius 3 is 2.29 bits per heavy atom. The third-order valence-electron chi connectivity index (χ3n) is 5.80. The van der Waals surface area contributed by atoms with Crippen LogP contribution < -0.4 is 0 Å². The van der Waals surface area contributed by atoms with Gasteiger partial charge in [-0.3, -0.25) is 0 Å². The summed E-state index contributed by atoms with van der Waals surface area (Å²) in [5.41, 5.74) is 7.63. The summed E-state index contributed by atoms with van der Waals surface area (Å²) in [6.45, 7) is 2.34. The van der Waals surface area contributed by atoms with Gasteiger partial charge in [0.15, 0.2) is 0 Å². The number of fused-ring (bicyclic) bond motifs is 2. The minimum Gasteiger partial charge on any atom is -0.0622 e. The number of hydrogen-bond donors (Lipinski definition) is 0. The van der Waals surface area contributed by atoms with Crippen molar-refractivity contribution in [1.29, 1.82) is 0 Å². The van der Waals surface area contributed by atoms with Gasteiger partial charge in [0.1, 0.15) is 0 Å². The molecule has 0 spiro atoms. The Bertz CT molecular complexity index is 639. The maximum Gasteiger partial charge on any atom is -0.0152 e.